The number of carbonyl (C=O) groups is 2. The summed E-state index contributed by atoms with van der Waals surface area (Å²) in [6, 6.07) is 0. The second-order valence-electron chi connectivity index (χ2n) is 3.99. The van der Waals surface area contributed by atoms with E-state index in [0.29, 0.717) is 6.54 Å². The Morgan fingerprint density at radius 3 is 2.20 bits per heavy atom. The third kappa shape index (κ3) is 4.29. The zero-order valence-corrected chi connectivity index (χ0v) is 8.69. The van der Waals surface area contributed by atoms with Gasteiger partial charge in [-0.1, -0.05) is 6.42 Å². The highest BCUT2D eigenvalue weighted by molar-refractivity contribution is 5.77. The first-order chi connectivity index (χ1) is 7.09. The van der Waals surface area contributed by atoms with Crippen LogP contribution < -0.4 is 0 Å². The fraction of sp³-hybridized carbons (Fsp3) is 0.800. The minimum Gasteiger partial charge on any atom is -0.481 e. The quantitative estimate of drug-likeness (QED) is 0.704. The number of carboxylic acids is 2. The molecule has 1 unspecified atom stereocenters. The van der Waals surface area contributed by atoms with Gasteiger partial charge in [-0.25, -0.2) is 0 Å². The first-order valence-corrected chi connectivity index (χ1v) is 5.26. The smallest absolute Gasteiger partial charge is 0.308 e. The second kappa shape index (κ2) is 5.70. The number of hydrogen-bond acceptors (Lipinski definition) is 3. The van der Waals surface area contributed by atoms with Crippen LogP contribution in [0, 0.1) is 5.92 Å². The molecular formula is C10H17NO4. The summed E-state index contributed by atoms with van der Waals surface area (Å²) < 4.78 is 0. The fourth-order valence-corrected chi connectivity index (χ4v) is 1.89. The molecule has 0 aromatic heterocycles. The lowest BCUT2D eigenvalue weighted by molar-refractivity contribution is -0.149. The zero-order chi connectivity index (χ0) is 11.3. The van der Waals surface area contributed by atoms with E-state index in [1.54, 1.807) is 0 Å². The highest BCUT2D eigenvalue weighted by atomic mass is 16.4. The van der Waals surface area contributed by atoms with Crippen LogP contribution in [0.15, 0.2) is 0 Å². The van der Waals surface area contributed by atoms with E-state index in [0.717, 1.165) is 25.9 Å². The van der Waals surface area contributed by atoms with Crippen LogP contribution in [0.1, 0.15) is 25.7 Å². The average molecular weight is 215 g/mol. The number of likely N-dealkylation sites (tertiary alicyclic amines) is 1. The Labute approximate surface area is 88.7 Å². The molecule has 0 aliphatic carbocycles. The van der Waals surface area contributed by atoms with E-state index >= 15 is 0 Å². The standard InChI is InChI=1S/C10H17NO4/c12-9(13)6-8(10(14)15)7-11-4-2-1-3-5-11/h8H,1-7H2,(H,12,13)(H,14,15). The maximum absolute atomic E-state index is 10.8. The molecule has 1 atom stereocenters. The molecule has 0 aromatic carbocycles. The van der Waals surface area contributed by atoms with E-state index in [4.69, 9.17) is 10.2 Å². The van der Waals surface area contributed by atoms with Crippen LogP contribution in [-0.4, -0.2) is 46.7 Å². The molecule has 1 fully saturated rings. The van der Waals surface area contributed by atoms with Gasteiger partial charge in [0.15, 0.2) is 0 Å². The Balaban J connectivity index is 2.42. The molecule has 2 N–H and O–H groups in total. The van der Waals surface area contributed by atoms with Crippen LogP contribution in [0.2, 0.25) is 0 Å². The van der Waals surface area contributed by atoms with Crippen molar-refractivity contribution in [1.82, 2.24) is 4.90 Å². The Morgan fingerprint density at radius 2 is 1.73 bits per heavy atom. The molecular weight excluding hydrogens is 198 g/mol. The van der Waals surface area contributed by atoms with Crippen LogP contribution in [0.5, 0.6) is 0 Å². The van der Waals surface area contributed by atoms with Crippen molar-refractivity contribution in [3.05, 3.63) is 0 Å². The van der Waals surface area contributed by atoms with Crippen LogP contribution >= 0.6 is 0 Å². The molecule has 0 bridgehead atoms. The summed E-state index contributed by atoms with van der Waals surface area (Å²) in [6.45, 7) is 2.15. The number of nitrogens with zero attached hydrogens (tertiary/aromatic N) is 1. The first kappa shape index (κ1) is 12.0. The second-order valence-corrected chi connectivity index (χ2v) is 3.99. The van der Waals surface area contributed by atoms with Gasteiger partial charge in [0.05, 0.1) is 12.3 Å². The summed E-state index contributed by atoms with van der Waals surface area (Å²) in [5.74, 6) is -2.83. The predicted molar refractivity (Wildman–Crippen MR) is 53.7 cm³/mol. The topological polar surface area (TPSA) is 77.8 Å². The fourth-order valence-electron chi connectivity index (χ4n) is 1.89. The largest absolute Gasteiger partial charge is 0.481 e. The Morgan fingerprint density at radius 1 is 1.13 bits per heavy atom. The van der Waals surface area contributed by atoms with Crippen molar-refractivity contribution in [2.45, 2.75) is 25.7 Å². The SMILES string of the molecule is O=C(O)CC(CN1CCCCC1)C(=O)O. The summed E-state index contributed by atoms with van der Waals surface area (Å²) in [6.07, 6.45) is 3.07. The van der Waals surface area contributed by atoms with Crippen molar-refractivity contribution in [3.63, 3.8) is 0 Å². The number of piperidine rings is 1. The van der Waals surface area contributed by atoms with E-state index < -0.39 is 17.9 Å². The Kier molecular flexibility index (Phi) is 4.55. The zero-order valence-electron chi connectivity index (χ0n) is 8.69. The molecule has 5 heteroatoms. The lowest BCUT2D eigenvalue weighted by atomic mass is 10.0. The summed E-state index contributed by atoms with van der Waals surface area (Å²) in [5, 5.41) is 17.4. The summed E-state index contributed by atoms with van der Waals surface area (Å²) >= 11 is 0. The summed E-state index contributed by atoms with van der Waals surface area (Å²) in [5.41, 5.74) is 0. The lowest BCUT2D eigenvalue weighted by Crippen LogP contribution is -2.37. The third-order valence-corrected chi connectivity index (χ3v) is 2.70. The highest BCUT2D eigenvalue weighted by Gasteiger charge is 2.24. The number of aliphatic carboxylic acids is 2. The molecule has 1 heterocycles. The molecule has 0 amide bonds. The Bertz CT molecular complexity index is 236. The number of rotatable bonds is 5. The van der Waals surface area contributed by atoms with Gasteiger partial charge in [0.2, 0.25) is 0 Å². The van der Waals surface area contributed by atoms with Crippen LogP contribution in [-0.2, 0) is 9.59 Å². The molecule has 1 aliphatic rings. The molecule has 0 radical (unpaired) electrons. The van der Waals surface area contributed by atoms with E-state index in [1.807, 2.05) is 4.90 Å². The maximum Gasteiger partial charge on any atom is 0.308 e. The molecule has 0 aromatic rings. The van der Waals surface area contributed by atoms with Gasteiger partial charge in [-0.3, -0.25) is 9.59 Å². The van der Waals surface area contributed by atoms with Gasteiger partial charge in [-0.2, -0.15) is 0 Å². The summed E-state index contributed by atoms with van der Waals surface area (Å²) in [7, 11) is 0. The molecule has 5 nitrogen and oxygen atoms in total. The number of carboxylic acid groups (broad SMARTS) is 2. The average Bonchev–Trinajstić information content (AvgIpc) is 2.17. The molecule has 1 aliphatic heterocycles. The third-order valence-electron chi connectivity index (χ3n) is 2.70. The highest BCUT2D eigenvalue weighted by Crippen LogP contribution is 2.13. The van der Waals surface area contributed by atoms with Gasteiger partial charge in [0, 0.05) is 6.54 Å². The van der Waals surface area contributed by atoms with Gasteiger partial charge in [-0.15, -0.1) is 0 Å². The Hall–Kier alpha value is -1.10. The van der Waals surface area contributed by atoms with Crippen molar-refractivity contribution in [2.75, 3.05) is 19.6 Å². The van der Waals surface area contributed by atoms with E-state index in [-0.39, 0.29) is 6.42 Å². The van der Waals surface area contributed by atoms with Gasteiger partial charge in [-0.05, 0) is 25.9 Å². The minimum atomic E-state index is -1.04. The van der Waals surface area contributed by atoms with E-state index in [9.17, 15) is 9.59 Å². The van der Waals surface area contributed by atoms with Crippen molar-refractivity contribution in [1.29, 1.82) is 0 Å². The molecule has 0 spiro atoms. The minimum absolute atomic E-state index is 0.286. The number of hydrogen-bond donors (Lipinski definition) is 2. The van der Waals surface area contributed by atoms with Gasteiger partial charge in [0.25, 0.3) is 0 Å². The van der Waals surface area contributed by atoms with Crippen LogP contribution in [0.3, 0.4) is 0 Å². The normalized spacial score (nSPS) is 19.7. The monoisotopic (exact) mass is 215 g/mol. The van der Waals surface area contributed by atoms with Crippen molar-refractivity contribution in [3.8, 4) is 0 Å². The van der Waals surface area contributed by atoms with Crippen molar-refractivity contribution >= 4 is 11.9 Å². The molecule has 1 rings (SSSR count). The van der Waals surface area contributed by atoms with E-state index in [2.05, 4.69) is 0 Å². The summed E-state index contributed by atoms with van der Waals surface area (Å²) in [4.78, 5) is 23.3. The van der Waals surface area contributed by atoms with Crippen molar-refractivity contribution < 1.29 is 19.8 Å². The van der Waals surface area contributed by atoms with Crippen LogP contribution in [0.4, 0.5) is 0 Å². The van der Waals surface area contributed by atoms with Gasteiger partial charge < -0.3 is 15.1 Å². The molecule has 0 saturated carbocycles. The molecule has 1 saturated heterocycles. The lowest BCUT2D eigenvalue weighted by Gasteiger charge is -2.28. The maximum atomic E-state index is 10.8. The van der Waals surface area contributed by atoms with Crippen LogP contribution in [0.25, 0.3) is 0 Å². The van der Waals surface area contributed by atoms with Crippen molar-refractivity contribution in [2.24, 2.45) is 5.92 Å². The molecule has 15 heavy (non-hydrogen) atoms. The van der Waals surface area contributed by atoms with E-state index in [1.165, 1.54) is 6.42 Å². The first-order valence-electron chi connectivity index (χ1n) is 5.26. The van der Waals surface area contributed by atoms with Gasteiger partial charge in [0.1, 0.15) is 0 Å². The predicted octanol–water partition coefficient (Wildman–Crippen LogP) is 0.648. The van der Waals surface area contributed by atoms with Gasteiger partial charge >= 0.3 is 11.9 Å². The molecule has 86 valence electrons.